The molecule has 0 aromatic carbocycles. The molecule has 4 N–H and O–H groups in total. The van der Waals surface area contributed by atoms with Crippen LogP contribution in [0.5, 0.6) is 0 Å². The third kappa shape index (κ3) is 2.12. The molecule has 106 valence electrons. The van der Waals surface area contributed by atoms with Crippen molar-refractivity contribution >= 4 is 0 Å². The molecule has 0 saturated carbocycles. The summed E-state index contributed by atoms with van der Waals surface area (Å²) in [5.74, 6) is 0. The molecule has 4 atom stereocenters. The number of aliphatic hydroxyl groups excluding tert-OH is 3. The van der Waals surface area contributed by atoms with Crippen molar-refractivity contribution in [2.24, 2.45) is 0 Å². The van der Waals surface area contributed by atoms with Crippen LogP contribution in [0.15, 0.2) is 9.59 Å². The predicted molar refractivity (Wildman–Crippen MR) is 63.8 cm³/mol. The zero-order valence-corrected chi connectivity index (χ0v) is 10.5. The van der Waals surface area contributed by atoms with Crippen LogP contribution >= 0.6 is 0 Å². The Morgan fingerprint density at radius 1 is 1.26 bits per heavy atom. The van der Waals surface area contributed by atoms with E-state index in [0.29, 0.717) is 11.3 Å². The molecule has 4 unspecified atom stereocenters. The Hall–Kier alpha value is -1.48. The molecule has 2 rings (SSSR count). The van der Waals surface area contributed by atoms with Gasteiger partial charge in [0.2, 0.25) is 0 Å². The molecular formula is C11H16N2O6. The zero-order chi connectivity index (χ0) is 14.3. The second kappa shape index (κ2) is 4.89. The fourth-order valence-corrected chi connectivity index (χ4v) is 2.15. The molecule has 0 aliphatic carbocycles. The smallest absolute Gasteiger partial charge is 0.330 e. The van der Waals surface area contributed by atoms with Gasteiger partial charge in [0.25, 0.3) is 5.56 Å². The van der Waals surface area contributed by atoms with Crippen LogP contribution in [0.3, 0.4) is 0 Å². The molecule has 8 nitrogen and oxygen atoms in total. The quantitative estimate of drug-likeness (QED) is 0.482. The van der Waals surface area contributed by atoms with Crippen LogP contribution in [0.25, 0.3) is 0 Å². The third-order valence-corrected chi connectivity index (χ3v) is 3.46. The summed E-state index contributed by atoms with van der Waals surface area (Å²) in [6, 6.07) is 0. The van der Waals surface area contributed by atoms with E-state index in [1.54, 1.807) is 6.92 Å². The molecule has 8 heteroatoms. The molecule has 1 aliphatic rings. The van der Waals surface area contributed by atoms with Gasteiger partial charge >= 0.3 is 5.69 Å². The van der Waals surface area contributed by atoms with Crippen LogP contribution in [-0.4, -0.2) is 49.8 Å². The minimum Gasteiger partial charge on any atom is -0.394 e. The summed E-state index contributed by atoms with van der Waals surface area (Å²) < 4.78 is 6.34. The van der Waals surface area contributed by atoms with Crippen LogP contribution in [0, 0.1) is 13.8 Å². The van der Waals surface area contributed by atoms with Gasteiger partial charge < -0.3 is 20.1 Å². The number of H-pyrrole nitrogens is 1. The molecule has 1 aromatic rings. The van der Waals surface area contributed by atoms with Gasteiger partial charge in [-0.3, -0.25) is 14.3 Å². The summed E-state index contributed by atoms with van der Waals surface area (Å²) in [6.45, 7) is 2.59. The van der Waals surface area contributed by atoms with E-state index >= 15 is 0 Å². The van der Waals surface area contributed by atoms with Crippen LogP contribution in [-0.2, 0) is 4.74 Å². The van der Waals surface area contributed by atoms with Gasteiger partial charge in [-0.2, -0.15) is 0 Å². The topological polar surface area (TPSA) is 125 Å². The standard InChI is InChI=1S/C11H16N2O6/c1-4-5(2)13(11(18)12-9(4)17)10-8(16)7(15)6(3-14)19-10/h6-8,10,14-16H,3H2,1-2H3,(H,12,17,18). The summed E-state index contributed by atoms with van der Waals surface area (Å²) in [5, 5.41) is 28.6. The predicted octanol–water partition coefficient (Wildman–Crippen LogP) is -2.24. The van der Waals surface area contributed by atoms with Crippen LogP contribution < -0.4 is 11.2 Å². The molecule has 0 spiro atoms. The van der Waals surface area contributed by atoms with Gasteiger partial charge in [-0.05, 0) is 13.8 Å². The monoisotopic (exact) mass is 272 g/mol. The Labute approximate surface area is 107 Å². The van der Waals surface area contributed by atoms with Gasteiger partial charge in [0.1, 0.15) is 18.3 Å². The maximum Gasteiger partial charge on any atom is 0.330 e. The molecule has 1 aliphatic heterocycles. The molecule has 0 radical (unpaired) electrons. The molecule has 1 saturated heterocycles. The van der Waals surface area contributed by atoms with Crippen LogP contribution in [0.4, 0.5) is 0 Å². The Balaban J connectivity index is 2.52. The van der Waals surface area contributed by atoms with E-state index in [9.17, 15) is 19.8 Å². The lowest BCUT2D eigenvalue weighted by atomic mass is 10.1. The largest absolute Gasteiger partial charge is 0.394 e. The Bertz CT molecular complexity index is 592. The highest BCUT2D eigenvalue weighted by molar-refractivity contribution is 5.15. The first-order chi connectivity index (χ1) is 8.88. The lowest BCUT2D eigenvalue weighted by Gasteiger charge is -2.20. The second-order valence-electron chi connectivity index (χ2n) is 4.57. The zero-order valence-electron chi connectivity index (χ0n) is 10.5. The number of hydrogen-bond donors (Lipinski definition) is 4. The average molecular weight is 272 g/mol. The van der Waals surface area contributed by atoms with E-state index in [4.69, 9.17) is 9.84 Å². The SMILES string of the molecule is Cc1c(C)n(C2OC(CO)C(O)C2O)c(=O)[nH]c1=O. The van der Waals surface area contributed by atoms with Crippen molar-refractivity contribution in [1.29, 1.82) is 0 Å². The first-order valence-electron chi connectivity index (χ1n) is 5.83. The van der Waals surface area contributed by atoms with Gasteiger partial charge in [-0.25, -0.2) is 4.79 Å². The number of aromatic nitrogens is 2. The third-order valence-electron chi connectivity index (χ3n) is 3.46. The summed E-state index contributed by atoms with van der Waals surface area (Å²) in [5.41, 5.74) is -0.589. The number of hydrogen-bond acceptors (Lipinski definition) is 6. The minimum absolute atomic E-state index is 0.317. The maximum absolute atomic E-state index is 11.8. The molecule has 0 bridgehead atoms. The fraction of sp³-hybridized carbons (Fsp3) is 0.636. The van der Waals surface area contributed by atoms with E-state index in [2.05, 4.69) is 4.98 Å². The molecular weight excluding hydrogens is 256 g/mol. The Morgan fingerprint density at radius 2 is 1.89 bits per heavy atom. The van der Waals surface area contributed by atoms with E-state index < -0.39 is 42.4 Å². The van der Waals surface area contributed by atoms with E-state index in [-0.39, 0.29) is 0 Å². The molecule has 1 aromatic heterocycles. The number of nitrogens with zero attached hydrogens (tertiary/aromatic N) is 1. The van der Waals surface area contributed by atoms with Gasteiger partial charge in [-0.15, -0.1) is 0 Å². The van der Waals surface area contributed by atoms with Crippen molar-refractivity contribution in [3.05, 3.63) is 32.1 Å². The number of ether oxygens (including phenoxy) is 1. The number of nitrogens with one attached hydrogen (secondary N) is 1. The molecule has 19 heavy (non-hydrogen) atoms. The first-order valence-corrected chi connectivity index (χ1v) is 5.83. The molecule has 1 fully saturated rings. The van der Waals surface area contributed by atoms with Gasteiger partial charge in [-0.1, -0.05) is 0 Å². The Morgan fingerprint density at radius 3 is 2.42 bits per heavy atom. The second-order valence-corrected chi connectivity index (χ2v) is 4.57. The minimum atomic E-state index is -1.36. The van der Waals surface area contributed by atoms with Gasteiger partial charge in [0, 0.05) is 11.3 Å². The summed E-state index contributed by atoms with van der Waals surface area (Å²) in [7, 11) is 0. The van der Waals surface area contributed by atoms with Gasteiger partial charge in [0.15, 0.2) is 6.23 Å². The van der Waals surface area contributed by atoms with Crippen LogP contribution in [0.1, 0.15) is 17.5 Å². The normalized spacial score (nSPS) is 30.8. The Kier molecular flexibility index (Phi) is 3.59. The van der Waals surface area contributed by atoms with Crippen molar-refractivity contribution in [3.63, 3.8) is 0 Å². The lowest BCUT2D eigenvalue weighted by Crippen LogP contribution is -2.40. The van der Waals surface area contributed by atoms with Crippen molar-refractivity contribution in [2.45, 2.75) is 38.4 Å². The first kappa shape index (κ1) is 13.9. The lowest BCUT2D eigenvalue weighted by molar-refractivity contribution is -0.0560. The van der Waals surface area contributed by atoms with Crippen molar-refractivity contribution in [2.75, 3.05) is 6.61 Å². The number of rotatable bonds is 2. The maximum atomic E-state index is 11.8. The highest BCUT2D eigenvalue weighted by Gasteiger charge is 2.44. The van der Waals surface area contributed by atoms with Crippen molar-refractivity contribution in [3.8, 4) is 0 Å². The number of aromatic amines is 1. The van der Waals surface area contributed by atoms with E-state index in [0.717, 1.165) is 4.57 Å². The summed E-state index contributed by atoms with van der Waals surface area (Å²) >= 11 is 0. The highest BCUT2D eigenvalue weighted by atomic mass is 16.6. The fourth-order valence-electron chi connectivity index (χ4n) is 2.15. The molecule has 0 amide bonds. The van der Waals surface area contributed by atoms with Crippen LogP contribution in [0.2, 0.25) is 0 Å². The number of aliphatic hydroxyl groups is 3. The van der Waals surface area contributed by atoms with Crippen molar-refractivity contribution in [1.82, 2.24) is 9.55 Å². The summed E-state index contributed by atoms with van der Waals surface area (Å²) in [4.78, 5) is 25.4. The van der Waals surface area contributed by atoms with Crippen molar-refractivity contribution < 1.29 is 20.1 Å². The summed E-state index contributed by atoms with van der Waals surface area (Å²) in [6.07, 6.45) is -4.78. The van der Waals surface area contributed by atoms with Gasteiger partial charge in [0.05, 0.1) is 6.61 Å². The molecule has 2 heterocycles. The highest BCUT2D eigenvalue weighted by Crippen LogP contribution is 2.28. The van der Waals surface area contributed by atoms with E-state index in [1.807, 2.05) is 0 Å². The van der Waals surface area contributed by atoms with E-state index in [1.165, 1.54) is 6.92 Å². The average Bonchev–Trinajstić information content (AvgIpc) is 2.64.